The van der Waals surface area contributed by atoms with Gasteiger partial charge in [-0.1, -0.05) is 59.6 Å². The number of aryl methyl sites for hydroxylation is 1. The van der Waals surface area contributed by atoms with Gasteiger partial charge in [-0.3, -0.25) is 4.31 Å². The molecule has 25 heavy (non-hydrogen) atoms. The van der Waals surface area contributed by atoms with Crippen molar-refractivity contribution in [3.05, 3.63) is 95.0 Å². The molecule has 0 aliphatic rings. The maximum absolute atomic E-state index is 13.2. The molecule has 0 aromatic heterocycles. The lowest BCUT2D eigenvalue weighted by molar-refractivity contribution is 0.590. The molecule has 0 atom stereocenters. The zero-order chi connectivity index (χ0) is 17.9. The Kier molecular flexibility index (Phi) is 5.11. The summed E-state index contributed by atoms with van der Waals surface area (Å²) in [7, 11) is -3.68. The van der Waals surface area contributed by atoms with Crippen LogP contribution in [-0.2, 0) is 16.6 Å². The summed E-state index contributed by atoms with van der Waals surface area (Å²) in [6.07, 6.45) is 0. The number of hydrogen-bond acceptors (Lipinski definition) is 2. The smallest absolute Gasteiger partial charge is 0.262 e. The van der Waals surface area contributed by atoms with Crippen molar-refractivity contribution in [1.29, 1.82) is 0 Å². The SMILES string of the molecule is Cc1ccc(S(=O)(=O)N(Cc2ccc(Cl)cc2)c2ccccc2)cc1. The molecule has 3 nitrogen and oxygen atoms in total. The Balaban J connectivity index is 2.04. The molecule has 0 radical (unpaired) electrons. The molecule has 0 unspecified atom stereocenters. The van der Waals surface area contributed by atoms with Crippen LogP contribution in [0.1, 0.15) is 11.1 Å². The predicted octanol–water partition coefficient (Wildman–Crippen LogP) is 5.04. The molecule has 0 aliphatic carbocycles. The molecule has 0 saturated heterocycles. The minimum Gasteiger partial charge on any atom is -0.262 e. The van der Waals surface area contributed by atoms with E-state index in [9.17, 15) is 8.42 Å². The molecule has 0 heterocycles. The van der Waals surface area contributed by atoms with Gasteiger partial charge >= 0.3 is 0 Å². The summed E-state index contributed by atoms with van der Waals surface area (Å²) in [5.41, 5.74) is 2.50. The first-order chi connectivity index (χ1) is 12.0. The first kappa shape index (κ1) is 17.5. The molecule has 128 valence electrons. The van der Waals surface area contributed by atoms with E-state index in [1.165, 1.54) is 4.31 Å². The second kappa shape index (κ2) is 7.30. The highest BCUT2D eigenvalue weighted by Gasteiger charge is 2.25. The zero-order valence-corrected chi connectivity index (χ0v) is 15.3. The van der Waals surface area contributed by atoms with E-state index in [2.05, 4.69) is 0 Å². The van der Waals surface area contributed by atoms with Gasteiger partial charge in [-0.15, -0.1) is 0 Å². The monoisotopic (exact) mass is 371 g/mol. The summed E-state index contributed by atoms with van der Waals surface area (Å²) >= 11 is 5.93. The molecule has 0 saturated carbocycles. The normalized spacial score (nSPS) is 11.3. The molecular formula is C20H18ClNO2S. The van der Waals surface area contributed by atoms with E-state index < -0.39 is 10.0 Å². The van der Waals surface area contributed by atoms with Crippen molar-refractivity contribution in [2.45, 2.75) is 18.4 Å². The van der Waals surface area contributed by atoms with E-state index in [0.717, 1.165) is 11.1 Å². The van der Waals surface area contributed by atoms with Crippen LogP contribution in [0.25, 0.3) is 0 Å². The topological polar surface area (TPSA) is 37.4 Å². The van der Waals surface area contributed by atoms with Crippen molar-refractivity contribution in [2.75, 3.05) is 4.31 Å². The molecule has 0 spiro atoms. The van der Waals surface area contributed by atoms with E-state index in [1.807, 2.05) is 37.3 Å². The molecule has 3 rings (SSSR count). The van der Waals surface area contributed by atoms with E-state index in [-0.39, 0.29) is 11.4 Å². The Hall–Kier alpha value is -2.30. The van der Waals surface area contributed by atoms with Gasteiger partial charge in [0.2, 0.25) is 0 Å². The summed E-state index contributed by atoms with van der Waals surface area (Å²) in [6, 6.07) is 23.2. The fraction of sp³-hybridized carbons (Fsp3) is 0.100. The van der Waals surface area contributed by atoms with Crippen LogP contribution < -0.4 is 4.31 Å². The maximum Gasteiger partial charge on any atom is 0.264 e. The Morgan fingerprint density at radius 1 is 0.840 bits per heavy atom. The lowest BCUT2D eigenvalue weighted by Gasteiger charge is -2.25. The van der Waals surface area contributed by atoms with Crippen LogP contribution in [0.3, 0.4) is 0 Å². The highest BCUT2D eigenvalue weighted by atomic mass is 35.5. The molecule has 5 heteroatoms. The minimum atomic E-state index is -3.68. The van der Waals surface area contributed by atoms with Crippen molar-refractivity contribution in [2.24, 2.45) is 0 Å². The van der Waals surface area contributed by atoms with Crippen LogP contribution in [0.4, 0.5) is 5.69 Å². The lowest BCUT2D eigenvalue weighted by Crippen LogP contribution is -2.30. The van der Waals surface area contributed by atoms with Crippen LogP contribution in [0.5, 0.6) is 0 Å². The van der Waals surface area contributed by atoms with Crippen LogP contribution in [0, 0.1) is 6.92 Å². The third kappa shape index (κ3) is 4.03. The van der Waals surface area contributed by atoms with Gasteiger partial charge in [-0.05, 0) is 48.9 Å². The summed E-state index contributed by atoms with van der Waals surface area (Å²) in [5.74, 6) is 0. The van der Waals surface area contributed by atoms with E-state index in [1.54, 1.807) is 48.5 Å². The number of benzene rings is 3. The van der Waals surface area contributed by atoms with Crippen LogP contribution in [-0.4, -0.2) is 8.42 Å². The molecular weight excluding hydrogens is 354 g/mol. The second-order valence-electron chi connectivity index (χ2n) is 5.79. The van der Waals surface area contributed by atoms with E-state index >= 15 is 0 Å². The van der Waals surface area contributed by atoms with Gasteiger partial charge < -0.3 is 0 Å². The number of halogens is 1. The summed E-state index contributed by atoms with van der Waals surface area (Å²) < 4.78 is 27.8. The fourth-order valence-corrected chi connectivity index (χ4v) is 4.08. The van der Waals surface area contributed by atoms with Crippen molar-refractivity contribution >= 4 is 27.3 Å². The third-order valence-electron chi connectivity index (χ3n) is 3.89. The molecule has 3 aromatic rings. The fourth-order valence-electron chi connectivity index (χ4n) is 2.50. The van der Waals surface area contributed by atoms with Gasteiger partial charge in [0.15, 0.2) is 0 Å². The van der Waals surface area contributed by atoms with Gasteiger partial charge in [0.05, 0.1) is 17.1 Å². The van der Waals surface area contributed by atoms with Gasteiger partial charge in [0, 0.05) is 5.02 Å². The van der Waals surface area contributed by atoms with Gasteiger partial charge in [0.25, 0.3) is 10.0 Å². The molecule has 3 aromatic carbocycles. The average molecular weight is 372 g/mol. The lowest BCUT2D eigenvalue weighted by atomic mass is 10.2. The summed E-state index contributed by atoms with van der Waals surface area (Å²) in [4.78, 5) is 0.274. The third-order valence-corrected chi connectivity index (χ3v) is 5.93. The zero-order valence-electron chi connectivity index (χ0n) is 13.8. The number of nitrogens with zero attached hydrogens (tertiary/aromatic N) is 1. The highest BCUT2D eigenvalue weighted by Crippen LogP contribution is 2.26. The summed E-state index contributed by atoms with van der Waals surface area (Å²) in [6.45, 7) is 2.16. The van der Waals surface area contributed by atoms with Gasteiger partial charge in [-0.2, -0.15) is 0 Å². The van der Waals surface area contributed by atoms with Gasteiger partial charge in [-0.25, -0.2) is 8.42 Å². The minimum absolute atomic E-state index is 0.234. The van der Waals surface area contributed by atoms with Crippen molar-refractivity contribution in [3.8, 4) is 0 Å². The molecule has 0 fully saturated rings. The standard InChI is InChI=1S/C20H18ClNO2S/c1-16-7-13-20(14-8-16)25(23,24)22(19-5-3-2-4-6-19)15-17-9-11-18(21)12-10-17/h2-14H,15H2,1H3. The molecule has 0 N–H and O–H groups in total. The van der Waals surface area contributed by atoms with E-state index in [4.69, 9.17) is 11.6 Å². The van der Waals surface area contributed by atoms with Crippen molar-refractivity contribution < 1.29 is 8.42 Å². The Bertz CT molecular complexity index is 937. The van der Waals surface area contributed by atoms with Crippen molar-refractivity contribution in [3.63, 3.8) is 0 Å². The summed E-state index contributed by atoms with van der Waals surface area (Å²) in [5, 5.41) is 0.622. The first-order valence-corrected chi connectivity index (χ1v) is 9.67. The maximum atomic E-state index is 13.2. The second-order valence-corrected chi connectivity index (χ2v) is 8.09. The number of para-hydroxylation sites is 1. The first-order valence-electron chi connectivity index (χ1n) is 7.86. The predicted molar refractivity (Wildman–Crippen MR) is 102 cm³/mol. The van der Waals surface area contributed by atoms with Gasteiger partial charge in [0.1, 0.15) is 0 Å². The average Bonchev–Trinajstić information content (AvgIpc) is 2.62. The quantitative estimate of drug-likeness (QED) is 0.629. The number of anilines is 1. The molecule has 0 amide bonds. The number of sulfonamides is 1. The van der Waals surface area contributed by atoms with Crippen molar-refractivity contribution in [1.82, 2.24) is 0 Å². The Labute approximate surface area is 153 Å². The Morgan fingerprint density at radius 3 is 2.04 bits per heavy atom. The molecule has 0 aliphatic heterocycles. The number of rotatable bonds is 5. The molecule has 0 bridgehead atoms. The largest absolute Gasteiger partial charge is 0.264 e. The van der Waals surface area contributed by atoms with E-state index in [0.29, 0.717) is 10.7 Å². The number of hydrogen-bond donors (Lipinski definition) is 0. The van der Waals surface area contributed by atoms with Crippen LogP contribution in [0.2, 0.25) is 5.02 Å². The van der Waals surface area contributed by atoms with Crippen LogP contribution >= 0.6 is 11.6 Å². The van der Waals surface area contributed by atoms with Crippen LogP contribution in [0.15, 0.2) is 83.8 Å². The highest BCUT2D eigenvalue weighted by molar-refractivity contribution is 7.92. The Morgan fingerprint density at radius 2 is 1.44 bits per heavy atom.